The second kappa shape index (κ2) is 11.2. The Balaban J connectivity index is 1.79. The number of aromatic nitrogens is 7. The van der Waals surface area contributed by atoms with E-state index in [4.69, 9.17) is 27.9 Å². The summed E-state index contributed by atoms with van der Waals surface area (Å²) in [7, 11) is 0. The number of alkyl halides is 3. The zero-order chi connectivity index (χ0) is 28.5. The lowest BCUT2D eigenvalue weighted by Gasteiger charge is -2.15. The minimum Gasteiger partial charge on any atom is -0.455 e. The summed E-state index contributed by atoms with van der Waals surface area (Å²) in [6, 6.07) is 9.06. The average molecular weight is 586 g/mol. The van der Waals surface area contributed by atoms with Gasteiger partial charge in [-0.3, -0.25) is 9.36 Å². The molecule has 4 aromatic rings. The van der Waals surface area contributed by atoms with Gasteiger partial charge in [-0.15, -0.1) is 10.2 Å². The highest BCUT2D eigenvalue weighted by Gasteiger charge is 2.39. The van der Waals surface area contributed by atoms with Gasteiger partial charge in [-0.05, 0) is 43.3 Å². The SMILES string of the molecule is CC(=O)OC(C)c1nc(Cn2nc(-c3ccc(Cl)cc3)n(CC(O)C(F)(F)F)c2=O)nn1-c1ncccc1Cl. The lowest BCUT2D eigenvalue weighted by atomic mass is 10.2. The molecule has 3 heterocycles. The number of hydrogen-bond donors (Lipinski definition) is 1. The fourth-order valence-corrected chi connectivity index (χ4v) is 3.95. The molecule has 0 aliphatic heterocycles. The van der Waals surface area contributed by atoms with Crippen LogP contribution in [0.25, 0.3) is 17.2 Å². The van der Waals surface area contributed by atoms with Gasteiger partial charge in [0, 0.05) is 23.7 Å². The molecule has 2 unspecified atom stereocenters. The molecule has 0 saturated carbocycles. The molecule has 39 heavy (non-hydrogen) atoms. The number of carbonyl (C=O) groups excluding carboxylic acids is 1. The Morgan fingerprint density at radius 2 is 1.85 bits per heavy atom. The molecule has 0 bridgehead atoms. The van der Waals surface area contributed by atoms with Gasteiger partial charge in [-0.2, -0.15) is 17.9 Å². The van der Waals surface area contributed by atoms with Crippen LogP contribution in [0.2, 0.25) is 10.0 Å². The Kier molecular flexibility index (Phi) is 8.09. The van der Waals surface area contributed by atoms with Gasteiger partial charge >= 0.3 is 17.8 Å². The number of aliphatic hydroxyl groups excluding tert-OH is 1. The zero-order valence-electron chi connectivity index (χ0n) is 20.3. The van der Waals surface area contributed by atoms with Gasteiger partial charge in [0.1, 0.15) is 6.54 Å². The van der Waals surface area contributed by atoms with Crippen LogP contribution in [0.4, 0.5) is 13.2 Å². The Morgan fingerprint density at radius 3 is 2.46 bits per heavy atom. The Labute approximate surface area is 228 Å². The largest absolute Gasteiger partial charge is 0.455 e. The van der Waals surface area contributed by atoms with E-state index in [0.29, 0.717) is 9.59 Å². The van der Waals surface area contributed by atoms with Crippen LogP contribution >= 0.6 is 23.2 Å². The van der Waals surface area contributed by atoms with Crippen molar-refractivity contribution in [1.82, 2.24) is 34.1 Å². The fraction of sp³-hybridized carbons (Fsp3) is 0.304. The van der Waals surface area contributed by atoms with Crippen molar-refractivity contribution in [3.8, 4) is 17.2 Å². The molecule has 206 valence electrons. The van der Waals surface area contributed by atoms with Crippen molar-refractivity contribution in [2.75, 3.05) is 0 Å². The summed E-state index contributed by atoms with van der Waals surface area (Å²) in [4.78, 5) is 33.3. The molecule has 0 saturated heterocycles. The number of hydrogen-bond acceptors (Lipinski definition) is 8. The fourth-order valence-electron chi connectivity index (χ4n) is 3.62. The summed E-state index contributed by atoms with van der Waals surface area (Å²) in [6.45, 7) is 1.28. The minimum absolute atomic E-state index is 0.00324. The summed E-state index contributed by atoms with van der Waals surface area (Å²) in [5.41, 5.74) is -0.669. The van der Waals surface area contributed by atoms with Crippen molar-refractivity contribution in [3.05, 3.63) is 74.8 Å². The number of pyridine rings is 1. The predicted octanol–water partition coefficient (Wildman–Crippen LogP) is 3.59. The van der Waals surface area contributed by atoms with E-state index in [-0.39, 0.29) is 40.4 Å². The summed E-state index contributed by atoms with van der Waals surface area (Å²) >= 11 is 12.2. The number of ether oxygens (including phenoxy) is 1. The molecule has 11 nitrogen and oxygen atoms in total. The first kappa shape index (κ1) is 28.3. The van der Waals surface area contributed by atoms with E-state index >= 15 is 0 Å². The number of esters is 1. The van der Waals surface area contributed by atoms with Gasteiger partial charge in [0.25, 0.3) is 0 Å². The number of benzene rings is 1. The van der Waals surface area contributed by atoms with Crippen molar-refractivity contribution in [3.63, 3.8) is 0 Å². The topological polar surface area (TPSA) is 130 Å². The summed E-state index contributed by atoms with van der Waals surface area (Å²) in [6.07, 6.45) is -7.23. The number of carbonyl (C=O) groups is 1. The molecule has 2 atom stereocenters. The first-order valence-corrected chi connectivity index (χ1v) is 12.0. The second-order valence-corrected chi connectivity index (χ2v) is 9.14. The second-order valence-electron chi connectivity index (χ2n) is 8.30. The normalized spacial score (nSPS) is 13.3. The molecule has 16 heteroatoms. The van der Waals surface area contributed by atoms with Crippen molar-refractivity contribution >= 4 is 29.2 Å². The van der Waals surface area contributed by atoms with Crippen LogP contribution in [0, 0.1) is 0 Å². The first-order chi connectivity index (χ1) is 18.3. The molecule has 0 aliphatic carbocycles. The van der Waals surface area contributed by atoms with Crippen molar-refractivity contribution in [2.45, 2.75) is 45.3 Å². The number of aliphatic hydroxyl groups is 1. The van der Waals surface area contributed by atoms with Gasteiger partial charge in [-0.25, -0.2) is 19.4 Å². The summed E-state index contributed by atoms with van der Waals surface area (Å²) in [5.74, 6) is -0.438. The molecule has 0 radical (unpaired) electrons. The Bertz CT molecular complexity index is 1550. The van der Waals surface area contributed by atoms with Crippen LogP contribution in [0.3, 0.4) is 0 Å². The maximum Gasteiger partial charge on any atom is 0.416 e. The molecule has 4 rings (SSSR count). The van der Waals surface area contributed by atoms with Crippen LogP contribution in [-0.4, -0.2) is 57.5 Å². The summed E-state index contributed by atoms with van der Waals surface area (Å²) in [5, 5.41) is 18.8. The molecular formula is C23H20Cl2F3N7O4. The van der Waals surface area contributed by atoms with E-state index in [0.717, 1.165) is 4.68 Å². The van der Waals surface area contributed by atoms with Gasteiger partial charge in [0.15, 0.2) is 35.5 Å². The Morgan fingerprint density at radius 1 is 1.15 bits per heavy atom. The van der Waals surface area contributed by atoms with E-state index < -0.39 is 36.6 Å². The lowest BCUT2D eigenvalue weighted by molar-refractivity contribution is -0.207. The third-order valence-electron chi connectivity index (χ3n) is 5.37. The van der Waals surface area contributed by atoms with Gasteiger partial charge in [0.2, 0.25) is 0 Å². The maximum atomic E-state index is 13.2. The Hall–Kier alpha value is -3.75. The van der Waals surface area contributed by atoms with Gasteiger partial charge in [-0.1, -0.05) is 23.2 Å². The van der Waals surface area contributed by atoms with E-state index in [1.165, 1.54) is 42.1 Å². The van der Waals surface area contributed by atoms with Crippen molar-refractivity contribution in [2.24, 2.45) is 0 Å². The van der Waals surface area contributed by atoms with Crippen molar-refractivity contribution in [1.29, 1.82) is 0 Å². The molecule has 1 aromatic carbocycles. The molecule has 0 aliphatic rings. The van der Waals surface area contributed by atoms with Gasteiger partial charge < -0.3 is 9.84 Å². The van der Waals surface area contributed by atoms with Gasteiger partial charge in [0.05, 0.1) is 11.6 Å². The smallest absolute Gasteiger partial charge is 0.416 e. The molecule has 3 aromatic heterocycles. The predicted molar refractivity (Wildman–Crippen MR) is 132 cm³/mol. The molecule has 0 fully saturated rings. The standard InChI is InChI=1S/C23H20Cl2F3N7O4/c1-12(39-13(2)36)19-30-18(31-35(19)21-16(25)4-3-9-29-21)11-34-22(38)33(10-17(37)23(26,27)28)20(32-34)14-5-7-15(24)8-6-14/h3-9,12,17,37H,10-11H2,1-2H3. The van der Waals surface area contributed by atoms with Crippen LogP contribution in [0.15, 0.2) is 47.4 Å². The van der Waals surface area contributed by atoms with Crippen LogP contribution in [-0.2, 0) is 22.6 Å². The van der Waals surface area contributed by atoms with Crippen molar-refractivity contribution < 1.29 is 27.8 Å². The molecule has 1 N–H and O–H groups in total. The van der Waals surface area contributed by atoms with Crippen LogP contribution in [0.1, 0.15) is 31.6 Å². The number of rotatable bonds is 8. The monoisotopic (exact) mass is 585 g/mol. The maximum absolute atomic E-state index is 13.2. The third kappa shape index (κ3) is 6.29. The molecule has 0 spiro atoms. The third-order valence-corrected chi connectivity index (χ3v) is 5.92. The van der Waals surface area contributed by atoms with Crippen LogP contribution < -0.4 is 5.69 Å². The minimum atomic E-state index is -4.97. The highest BCUT2D eigenvalue weighted by molar-refractivity contribution is 6.32. The van der Waals surface area contributed by atoms with E-state index in [2.05, 4.69) is 20.2 Å². The summed E-state index contributed by atoms with van der Waals surface area (Å²) < 4.78 is 47.4. The quantitative estimate of drug-likeness (QED) is 0.310. The lowest BCUT2D eigenvalue weighted by Crippen LogP contribution is -2.37. The first-order valence-electron chi connectivity index (χ1n) is 11.3. The molecule has 0 amide bonds. The van der Waals surface area contributed by atoms with Crippen LogP contribution in [0.5, 0.6) is 0 Å². The number of halogens is 5. The van der Waals surface area contributed by atoms with E-state index in [1.54, 1.807) is 19.1 Å². The van der Waals surface area contributed by atoms with E-state index in [1.807, 2.05) is 0 Å². The van der Waals surface area contributed by atoms with E-state index in [9.17, 15) is 27.9 Å². The number of nitrogens with zero attached hydrogens (tertiary/aromatic N) is 7. The average Bonchev–Trinajstić information content (AvgIpc) is 3.41. The highest BCUT2D eigenvalue weighted by Crippen LogP contribution is 2.25. The zero-order valence-corrected chi connectivity index (χ0v) is 21.8. The molecular weight excluding hydrogens is 566 g/mol. The highest BCUT2D eigenvalue weighted by atomic mass is 35.5.